The lowest BCUT2D eigenvalue weighted by atomic mass is 10.0. The molecule has 0 radical (unpaired) electrons. The molecule has 20 heavy (non-hydrogen) atoms. The van der Waals surface area contributed by atoms with Gasteiger partial charge in [0.05, 0.1) is 16.0 Å². The summed E-state index contributed by atoms with van der Waals surface area (Å²) in [6, 6.07) is 14.5. The minimum atomic E-state index is -0.373. The standard InChI is InChI=1S/C15H9BrN2O2/c16-11-6-7-12(14(9-11)18(19)20)13-5-1-3-10-4-2-8-17-15(10)13/h1-9H. The number of nitro groups is 1. The molecule has 3 rings (SSSR count). The van der Waals surface area contributed by atoms with Gasteiger partial charge in [0.25, 0.3) is 5.69 Å². The molecule has 0 unspecified atom stereocenters. The van der Waals surface area contributed by atoms with Gasteiger partial charge in [0.1, 0.15) is 0 Å². The Kier molecular flexibility index (Phi) is 3.20. The third kappa shape index (κ3) is 2.16. The van der Waals surface area contributed by atoms with Crippen LogP contribution >= 0.6 is 15.9 Å². The van der Waals surface area contributed by atoms with E-state index in [-0.39, 0.29) is 10.6 Å². The summed E-state index contributed by atoms with van der Waals surface area (Å²) in [5, 5.41) is 12.2. The van der Waals surface area contributed by atoms with Gasteiger partial charge >= 0.3 is 0 Å². The molecule has 0 saturated heterocycles. The molecule has 0 spiro atoms. The van der Waals surface area contributed by atoms with Crippen LogP contribution in [0.25, 0.3) is 22.0 Å². The topological polar surface area (TPSA) is 56.0 Å². The molecular formula is C15H9BrN2O2. The van der Waals surface area contributed by atoms with E-state index in [0.29, 0.717) is 10.0 Å². The van der Waals surface area contributed by atoms with Crippen molar-refractivity contribution in [3.63, 3.8) is 0 Å². The summed E-state index contributed by atoms with van der Waals surface area (Å²) in [5.74, 6) is 0. The molecule has 0 aliphatic rings. The lowest BCUT2D eigenvalue weighted by Crippen LogP contribution is -1.93. The summed E-state index contributed by atoms with van der Waals surface area (Å²) >= 11 is 3.27. The van der Waals surface area contributed by atoms with Crippen LogP contribution in [0.15, 0.2) is 59.2 Å². The minimum absolute atomic E-state index is 0.0672. The summed E-state index contributed by atoms with van der Waals surface area (Å²) in [7, 11) is 0. The molecule has 2 aromatic carbocycles. The molecule has 0 aliphatic carbocycles. The highest BCUT2D eigenvalue weighted by molar-refractivity contribution is 9.10. The number of halogens is 1. The third-order valence-corrected chi connectivity index (χ3v) is 3.57. The first-order chi connectivity index (χ1) is 9.66. The second-order valence-corrected chi connectivity index (χ2v) is 5.21. The predicted octanol–water partition coefficient (Wildman–Crippen LogP) is 4.57. The molecule has 3 aromatic rings. The van der Waals surface area contributed by atoms with Crippen molar-refractivity contribution in [2.45, 2.75) is 0 Å². The number of nitro benzene ring substituents is 1. The lowest BCUT2D eigenvalue weighted by molar-refractivity contribution is -0.384. The first-order valence-corrected chi connectivity index (χ1v) is 6.74. The van der Waals surface area contributed by atoms with Gasteiger partial charge in [0.2, 0.25) is 0 Å². The summed E-state index contributed by atoms with van der Waals surface area (Å²) in [5.41, 5.74) is 2.17. The highest BCUT2D eigenvalue weighted by atomic mass is 79.9. The Hall–Kier alpha value is -2.27. The number of hydrogen-bond donors (Lipinski definition) is 0. The van der Waals surface area contributed by atoms with E-state index in [2.05, 4.69) is 20.9 Å². The van der Waals surface area contributed by atoms with Crippen molar-refractivity contribution in [3.8, 4) is 11.1 Å². The van der Waals surface area contributed by atoms with Gasteiger partial charge in [0.15, 0.2) is 0 Å². The minimum Gasteiger partial charge on any atom is -0.258 e. The molecule has 1 heterocycles. The van der Waals surface area contributed by atoms with E-state index < -0.39 is 0 Å². The number of fused-ring (bicyclic) bond motifs is 1. The van der Waals surface area contributed by atoms with Crippen LogP contribution in [0.3, 0.4) is 0 Å². The van der Waals surface area contributed by atoms with Crippen molar-refractivity contribution in [2.24, 2.45) is 0 Å². The Morgan fingerprint density at radius 2 is 1.85 bits per heavy atom. The van der Waals surface area contributed by atoms with Crippen molar-refractivity contribution < 1.29 is 4.92 Å². The fourth-order valence-corrected chi connectivity index (χ4v) is 2.55. The summed E-state index contributed by atoms with van der Waals surface area (Å²) in [6.07, 6.45) is 1.69. The van der Waals surface area contributed by atoms with Crippen LogP contribution in [0.4, 0.5) is 5.69 Å². The van der Waals surface area contributed by atoms with Crippen LogP contribution in [0.2, 0.25) is 0 Å². The third-order valence-electron chi connectivity index (χ3n) is 3.08. The smallest absolute Gasteiger partial charge is 0.258 e. The van der Waals surface area contributed by atoms with Gasteiger partial charge in [-0.25, -0.2) is 0 Å². The molecule has 1 aromatic heterocycles. The average molecular weight is 329 g/mol. The van der Waals surface area contributed by atoms with E-state index in [9.17, 15) is 10.1 Å². The van der Waals surface area contributed by atoms with Crippen LogP contribution in [0.5, 0.6) is 0 Å². The molecule has 0 fully saturated rings. The normalized spacial score (nSPS) is 10.7. The van der Waals surface area contributed by atoms with E-state index in [0.717, 1.165) is 16.5 Å². The van der Waals surface area contributed by atoms with E-state index in [1.165, 1.54) is 6.07 Å². The van der Waals surface area contributed by atoms with Crippen molar-refractivity contribution in [3.05, 3.63) is 69.3 Å². The monoisotopic (exact) mass is 328 g/mol. The number of rotatable bonds is 2. The number of pyridine rings is 1. The Balaban J connectivity index is 2.34. The fourth-order valence-electron chi connectivity index (χ4n) is 2.21. The van der Waals surface area contributed by atoms with Crippen molar-refractivity contribution >= 4 is 32.5 Å². The van der Waals surface area contributed by atoms with E-state index in [1.54, 1.807) is 18.3 Å². The Bertz CT molecular complexity index is 813. The average Bonchev–Trinajstić information content (AvgIpc) is 2.46. The van der Waals surface area contributed by atoms with Crippen LogP contribution in [-0.4, -0.2) is 9.91 Å². The maximum absolute atomic E-state index is 11.2. The molecule has 5 heteroatoms. The van der Waals surface area contributed by atoms with Gasteiger partial charge in [-0.1, -0.05) is 40.2 Å². The molecule has 0 N–H and O–H groups in total. The van der Waals surface area contributed by atoms with E-state index in [1.807, 2.05) is 30.3 Å². The second-order valence-electron chi connectivity index (χ2n) is 4.30. The zero-order chi connectivity index (χ0) is 14.1. The number of hydrogen-bond acceptors (Lipinski definition) is 3. The van der Waals surface area contributed by atoms with Gasteiger partial charge in [-0.05, 0) is 18.2 Å². The van der Waals surface area contributed by atoms with Crippen LogP contribution in [-0.2, 0) is 0 Å². The van der Waals surface area contributed by atoms with Gasteiger partial charge < -0.3 is 0 Å². The van der Waals surface area contributed by atoms with Crippen molar-refractivity contribution in [2.75, 3.05) is 0 Å². The maximum Gasteiger partial charge on any atom is 0.278 e. The zero-order valence-corrected chi connectivity index (χ0v) is 11.9. The predicted molar refractivity (Wildman–Crippen MR) is 81.5 cm³/mol. The Labute approximate surface area is 123 Å². The Morgan fingerprint density at radius 1 is 1.05 bits per heavy atom. The maximum atomic E-state index is 11.2. The molecule has 0 aliphatic heterocycles. The fraction of sp³-hybridized carbons (Fsp3) is 0. The zero-order valence-electron chi connectivity index (χ0n) is 10.3. The van der Waals surface area contributed by atoms with Crippen LogP contribution in [0, 0.1) is 10.1 Å². The Morgan fingerprint density at radius 3 is 2.65 bits per heavy atom. The first-order valence-electron chi connectivity index (χ1n) is 5.95. The molecule has 4 nitrogen and oxygen atoms in total. The van der Waals surface area contributed by atoms with Crippen LogP contribution in [0.1, 0.15) is 0 Å². The molecule has 0 amide bonds. The summed E-state index contributed by atoms with van der Waals surface area (Å²) in [4.78, 5) is 15.2. The second kappa shape index (κ2) is 5.02. The number of aromatic nitrogens is 1. The van der Waals surface area contributed by atoms with E-state index in [4.69, 9.17) is 0 Å². The molecule has 0 bridgehead atoms. The molecular weight excluding hydrogens is 320 g/mol. The quantitative estimate of drug-likeness (QED) is 0.511. The van der Waals surface area contributed by atoms with Gasteiger partial charge in [-0.15, -0.1) is 0 Å². The van der Waals surface area contributed by atoms with Crippen molar-refractivity contribution in [1.29, 1.82) is 0 Å². The summed E-state index contributed by atoms with van der Waals surface area (Å²) < 4.78 is 0.682. The molecule has 0 atom stereocenters. The lowest BCUT2D eigenvalue weighted by Gasteiger charge is -2.07. The number of nitrogens with zero attached hydrogens (tertiary/aromatic N) is 2. The van der Waals surface area contributed by atoms with Crippen LogP contribution < -0.4 is 0 Å². The van der Waals surface area contributed by atoms with Crippen molar-refractivity contribution in [1.82, 2.24) is 4.98 Å². The van der Waals surface area contributed by atoms with Gasteiger partial charge in [-0.2, -0.15) is 0 Å². The van der Waals surface area contributed by atoms with Gasteiger partial charge in [0, 0.05) is 27.7 Å². The van der Waals surface area contributed by atoms with E-state index >= 15 is 0 Å². The number of para-hydroxylation sites is 1. The highest BCUT2D eigenvalue weighted by Gasteiger charge is 2.17. The highest BCUT2D eigenvalue weighted by Crippen LogP contribution is 2.35. The number of benzene rings is 2. The largest absolute Gasteiger partial charge is 0.278 e. The SMILES string of the molecule is O=[N+]([O-])c1cc(Br)ccc1-c1cccc2cccnc12. The molecule has 0 saturated carbocycles. The first kappa shape index (κ1) is 12.7. The van der Waals surface area contributed by atoms with Gasteiger partial charge in [-0.3, -0.25) is 15.1 Å². The summed E-state index contributed by atoms with van der Waals surface area (Å²) in [6.45, 7) is 0. The molecule has 98 valence electrons.